The number of aryl methyl sites for hydroxylation is 2. The summed E-state index contributed by atoms with van der Waals surface area (Å²) in [4.78, 5) is 14.5. The summed E-state index contributed by atoms with van der Waals surface area (Å²) < 4.78 is 0. The smallest absolute Gasteiger partial charge is 0.255 e. The van der Waals surface area contributed by atoms with Crippen LogP contribution >= 0.6 is 15.9 Å². The summed E-state index contributed by atoms with van der Waals surface area (Å²) in [6.45, 7) is 5.62. The number of likely N-dealkylation sites (tertiary alicyclic amines) is 1. The van der Waals surface area contributed by atoms with Gasteiger partial charge in [0.15, 0.2) is 0 Å². The third kappa shape index (κ3) is 3.32. The van der Waals surface area contributed by atoms with Gasteiger partial charge in [0, 0.05) is 18.4 Å². The molecular weight excluding hydrogens is 306 g/mol. The third-order valence-electron chi connectivity index (χ3n) is 3.65. The lowest BCUT2D eigenvalue weighted by Gasteiger charge is -2.18. The molecule has 0 N–H and O–H groups in total. The average molecular weight is 326 g/mol. The van der Waals surface area contributed by atoms with Crippen molar-refractivity contribution in [2.45, 2.75) is 33.1 Å². The fourth-order valence-electron chi connectivity index (χ4n) is 2.54. The molecule has 1 amide bonds. The van der Waals surface area contributed by atoms with Gasteiger partial charge in [0.1, 0.15) is 0 Å². The maximum absolute atomic E-state index is 12.6. The van der Waals surface area contributed by atoms with Crippen LogP contribution < -0.4 is 0 Å². The summed E-state index contributed by atoms with van der Waals surface area (Å²) in [5.74, 6) is 0.746. The van der Waals surface area contributed by atoms with Gasteiger partial charge < -0.3 is 4.90 Å². The molecule has 1 unspecified atom stereocenters. The molecule has 1 aromatic rings. The number of amides is 1. The number of carbonyl (C=O) groups excluding carboxylic acids is 1. The van der Waals surface area contributed by atoms with Gasteiger partial charge in [0.25, 0.3) is 5.91 Å². The average Bonchev–Trinajstić information content (AvgIpc) is 2.87. The molecule has 1 aromatic heterocycles. The summed E-state index contributed by atoms with van der Waals surface area (Å²) in [7, 11) is 0. The minimum atomic E-state index is 0.118. The molecule has 2 heterocycles. The SMILES string of the molecule is CCc1nnc(C)cc1C(=O)N1CCC(CCBr)C1. The van der Waals surface area contributed by atoms with Gasteiger partial charge in [-0.05, 0) is 38.2 Å². The topological polar surface area (TPSA) is 46.1 Å². The predicted octanol–water partition coefficient (Wildman–Crippen LogP) is 2.59. The minimum absolute atomic E-state index is 0.118. The lowest BCUT2D eigenvalue weighted by atomic mass is 10.1. The fraction of sp³-hybridized carbons (Fsp3) is 0.643. The summed E-state index contributed by atoms with van der Waals surface area (Å²) in [5, 5.41) is 9.19. The Morgan fingerprint density at radius 2 is 2.32 bits per heavy atom. The van der Waals surface area contributed by atoms with Crippen molar-refractivity contribution < 1.29 is 4.79 Å². The van der Waals surface area contributed by atoms with E-state index in [9.17, 15) is 4.79 Å². The zero-order chi connectivity index (χ0) is 13.8. The van der Waals surface area contributed by atoms with Gasteiger partial charge in [-0.2, -0.15) is 10.2 Å². The second-order valence-corrected chi connectivity index (χ2v) is 5.88. The van der Waals surface area contributed by atoms with Crippen LogP contribution in [0.5, 0.6) is 0 Å². The molecule has 1 aliphatic rings. The summed E-state index contributed by atoms with van der Waals surface area (Å²) >= 11 is 3.47. The quantitative estimate of drug-likeness (QED) is 0.799. The molecular formula is C14H20BrN3O. The van der Waals surface area contributed by atoms with Crippen LogP contribution in [0.2, 0.25) is 0 Å². The Labute approximate surface area is 122 Å². The largest absolute Gasteiger partial charge is 0.338 e. The zero-order valence-electron chi connectivity index (χ0n) is 11.5. The van der Waals surface area contributed by atoms with Crippen molar-refractivity contribution in [3.63, 3.8) is 0 Å². The first-order valence-corrected chi connectivity index (χ1v) is 7.96. The first-order chi connectivity index (χ1) is 9.15. The Morgan fingerprint density at radius 1 is 1.53 bits per heavy atom. The maximum atomic E-state index is 12.6. The Balaban J connectivity index is 2.14. The highest BCUT2D eigenvalue weighted by atomic mass is 79.9. The second kappa shape index (κ2) is 6.46. The van der Waals surface area contributed by atoms with Crippen molar-refractivity contribution >= 4 is 21.8 Å². The predicted molar refractivity (Wildman–Crippen MR) is 78.6 cm³/mol. The summed E-state index contributed by atoms with van der Waals surface area (Å²) in [6, 6.07) is 1.87. The van der Waals surface area contributed by atoms with E-state index in [4.69, 9.17) is 0 Å². The van der Waals surface area contributed by atoms with Crippen molar-refractivity contribution in [3.8, 4) is 0 Å². The van der Waals surface area contributed by atoms with Gasteiger partial charge in [0.05, 0.1) is 17.0 Å². The molecule has 1 aliphatic heterocycles. The molecule has 0 spiro atoms. The van der Waals surface area contributed by atoms with Crippen LogP contribution in [-0.2, 0) is 6.42 Å². The highest BCUT2D eigenvalue weighted by molar-refractivity contribution is 9.09. The molecule has 0 aliphatic carbocycles. The van der Waals surface area contributed by atoms with Crippen molar-refractivity contribution in [3.05, 3.63) is 23.0 Å². The summed E-state index contributed by atoms with van der Waals surface area (Å²) in [6.07, 6.45) is 2.99. The van der Waals surface area contributed by atoms with E-state index in [0.29, 0.717) is 5.92 Å². The Morgan fingerprint density at radius 3 is 3.00 bits per heavy atom. The van der Waals surface area contributed by atoms with Crippen LogP contribution in [0.3, 0.4) is 0 Å². The van der Waals surface area contributed by atoms with E-state index < -0.39 is 0 Å². The van der Waals surface area contributed by atoms with Crippen molar-refractivity contribution in [2.75, 3.05) is 18.4 Å². The van der Waals surface area contributed by atoms with E-state index in [-0.39, 0.29) is 5.91 Å². The standard InChI is InChI=1S/C14H20BrN3O/c1-3-13-12(8-10(2)16-17-13)14(19)18-7-5-11(9-18)4-6-15/h8,11H,3-7,9H2,1-2H3. The Hall–Kier alpha value is -0.970. The van der Waals surface area contributed by atoms with E-state index in [1.165, 1.54) is 0 Å². The van der Waals surface area contributed by atoms with Gasteiger partial charge in [-0.3, -0.25) is 4.79 Å². The summed E-state index contributed by atoms with van der Waals surface area (Å²) in [5.41, 5.74) is 2.34. The van der Waals surface area contributed by atoms with Crippen LogP contribution in [0.15, 0.2) is 6.07 Å². The van der Waals surface area contributed by atoms with Gasteiger partial charge in [0.2, 0.25) is 0 Å². The lowest BCUT2D eigenvalue weighted by molar-refractivity contribution is 0.0785. The third-order valence-corrected chi connectivity index (χ3v) is 4.11. The highest BCUT2D eigenvalue weighted by Crippen LogP contribution is 2.23. The molecule has 5 heteroatoms. The molecule has 0 aromatic carbocycles. The maximum Gasteiger partial charge on any atom is 0.255 e. The Kier molecular flexibility index (Phi) is 4.91. The first kappa shape index (κ1) is 14.4. The van der Waals surface area contributed by atoms with E-state index in [0.717, 1.165) is 54.6 Å². The van der Waals surface area contributed by atoms with Gasteiger partial charge >= 0.3 is 0 Å². The van der Waals surface area contributed by atoms with Gasteiger partial charge in [-0.15, -0.1) is 0 Å². The van der Waals surface area contributed by atoms with Gasteiger partial charge in [-0.25, -0.2) is 0 Å². The number of alkyl halides is 1. The number of aromatic nitrogens is 2. The van der Waals surface area contributed by atoms with E-state index in [1.807, 2.05) is 24.8 Å². The molecule has 1 fully saturated rings. The first-order valence-electron chi connectivity index (χ1n) is 6.84. The zero-order valence-corrected chi connectivity index (χ0v) is 13.1. The highest BCUT2D eigenvalue weighted by Gasteiger charge is 2.27. The number of hydrogen-bond acceptors (Lipinski definition) is 3. The molecule has 4 nitrogen and oxygen atoms in total. The molecule has 0 bridgehead atoms. The van der Waals surface area contributed by atoms with Crippen molar-refractivity contribution in [1.82, 2.24) is 15.1 Å². The Bertz CT molecular complexity index is 464. The lowest BCUT2D eigenvalue weighted by Crippen LogP contribution is -2.30. The van der Waals surface area contributed by atoms with E-state index in [1.54, 1.807) is 0 Å². The second-order valence-electron chi connectivity index (χ2n) is 5.08. The number of nitrogens with zero attached hydrogens (tertiary/aromatic N) is 3. The minimum Gasteiger partial charge on any atom is -0.338 e. The van der Waals surface area contributed by atoms with Crippen LogP contribution in [0, 0.1) is 12.8 Å². The van der Waals surface area contributed by atoms with Crippen LogP contribution in [0.1, 0.15) is 41.5 Å². The molecule has 1 atom stereocenters. The normalized spacial score (nSPS) is 18.9. The number of rotatable bonds is 4. The van der Waals surface area contributed by atoms with Crippen LogP contribution in [-0.4, -0.2) is 39.4 Å². The van der Waals surface area contributed by atoms with Crippen molar-refractivity contribution in [1.29, 1.82) is 0 Å². The molecule has 104 valence electrons. The van der Waals surface area contributed by atoms with Crippen LogP contribution in [0.4, 0.5) is 0 Å². The van der Waals surface area contributed by atoms with E-state index in [2.05, 4.69) is 26.1 Å². The monoisotopic (exact) mass is 325 g/mol. The molecule has 1 saturated heterocycles. The van der Waals surface area contributed by atoms with Gasteiger partial charge in [-0.1, -0.05) is 22.9 Å². The number of carbonyl (C=O) groups is 1. The van der Waals surface area contributed by atoms with Crippen LogP contribution in [0.25, 0.3) is 0 Å². The fourth-order valence-corrected chi connectivity index (χ4v) is 3.19. The molecule has 0 saturated carbocycles. The number of hydrogen-bond donors (Lipinski definition) is 0. The molecule has 2 rings (SSSR count). The van der Waals surface area contributed by atoms with E-state index >= 15 is 0 Å². The molecule has 19 heavy (non-hydrogen) atoms. The number of halogens is 1. The molecule has 0 radical (unpaired) electrons. The van der Waals surface area contributed by atoms with Crippen molar-refractivity contribution in [2.24, 2.45) is 5.92 Å².